The lowest BCUT2D eigenvalue weighted by molar-refractivity contribution is 0.145. The van der Waals surface area contributed by atoms with Crippen LogP contribution in [0.1, 0.15) is 18.9 Å². The summed E-state index contributed by atoms with van der Waals surface area (Å²) in [5, 5.41) is 6.20. The Balaban J connectivity index is 0.00000441. The van der Waals surface area contributed by atoms with Gasteiger partial charge in [0.2, 0.25) is 0 Å². The zero-order chi connectivity index (χ0) is 15.5. The summed E-state index contributed by atoms with van der Waals surface area (Å²) in [4.78, 5) is 4.06. The van der Waals surface area contributed by atoms with E-state index in [0.29, 0.717) is 37.7 Å². The van der Waals surface area contributed by atoms with Crippen LogP contribution in [0.25, 0.3) is 0 Å². The Hall–Kier alpha value is -0.960. The quantitative estimate of drug-likeness (QED) is 0.290. The van der Waals surface area contributed by atoms with E-state index in [1.165, 1.54) is 6.07 Å². The fourth-order valence-corrected chi connectivity index (χ4v) is 1.80. The zero-order valence-electron chi connectivity index (χ0n) is 13.0. The standard InChI is InChI=1S/C15H23F2N3O.HI/c1-3-21-10-4-8-19-15(18-2)20-9-7-12-11-13(16)5-6-14(12)17;/h5-6,11H,3-4,7-10H2,1-2H3,(H2,18,19,20);1H. The molecule has 1 aromatic carbocycles. The highest BCUT2D eigenvalue weighted by Crippen LogP contribution is 2.09. The molecule has 126 valence electrons. The fourth-order valence-electron chi connectivity index (χ4n) is 1.80. The molecule has 7 heteroatoms. The third-order valence-electron chi connectivity index (χ3n) is 2.88. The molecule has 0 aliphatic heterocycles. The van der Waals surface area contributed by atoms with Gasteiger partial charge in [-0.3, -0.25) is 4.99 Å². The van der Waals surface area contributed by atoms with Gasteiger partial charge >= 0.3 is 0 Å². The summed E-state index contributed by atoms with van der Waals surface area (Å²) in [6.07, 6.45) is 1.27. The number of rotatable bonds is 8. The minimum atomic E-state index is -0.426. The number of benzene rings is 1. The summed E-state index contributed by atoms with van der Waals surface area (Å²) < 4.78 is 31.7. The molecule has 2 N–H and O–H groups in total. The molecule has 1 rings (SSSR count). The maximum absolute atomic E-state index is 13.4. The molecule has 0 unspecified atom stereocenters. The van der Waals surface area contributed by atoms with Gasteiger partial charge in [0.25, 0.3) is 0 Å². The van der Waals surface area contributed by atoms with E-state index in [2.05, 4.69) is 15.6 Å². The zero-order valence-corrected chi connectivity index (χ0v) is 15.3. The van der Waals surface area contributed by atoms with Crippen molar-refractivity contribution in [1.29, 1.82) is 0 Å². The van der Waals surface area contributed by atoms with Gasteiger partial charge in [-0.15, -0.1) is 24.0 Å². The monoisotopic (exact) mass is 427 g/mol. The molecule has 4 nitrogen and oxygen atoms in total. The molecule has 0 aliphatic carbocycles. The predicted molar refractivity (Wildman–Crippen MR) is 96.0 cm³/mol. The molecule has 1 aromatic rings. The van der Waals surface area contributed by atoms with Crippen LogP contribution in [0.2, 0.25) is 0 Å². The summed E-state index contributed by atoms with van der Waals surface area (Å²) in [5.74, 6) is -0.175. The number of hydrogen-bond acceptors (Lipinski definition) is 2. The van der Waals surface area contributed by atoms with Crippen LogP contribution in [-0.2, 0) is 11.2 Å². The van der Waals surface area contributed by atoms with Gasteiger partial charge in [0.1, 0.15) is 11.6 Å². The van der Waals surface area contributed by atoms with Crippen molar-refractivity contribution in [2.45, 2.75) is 19.8 Å². The third kappa shape index (κ3) is 8.47. The van der Waals surface area contributed by atoms with Crippen LogP contribution in [0.4, 0.5) is 8.78 Å². The van der Waals surface area contributed by atoms with Gasteiger partial charge in [-0.25, -0.2) is 8.78 Å². The second-order valence-corrected chi connectivity index (χ2v) is 4.46. The normalized spacial score (nSPS) is 11.0. The van der Waals surface area contributed by atoms with Crippen LogP contribution >= 0.6 is 24.0 Å². The lowest BCUT2D eigenvalue weighted by Crippen LogP contribution is -2.39. The van der Waals surface area contributed by atoms with Crippen LogP contribution < -0.4 is 10.6 Å². The van der Waals surface area contributed by atoms with Crippen molar-refractivity contribution in [2.24, 2.45) is 4.99 Å². The number of nitrogens with zero attached hydrogens (tertiary/aromatic N) is 1. The Labute approximate surface area is 147 Å². The molecular formula is C15H24F2IN3O. The molecule has 0 heterocycles. The fraction of sp³-hybridized carbons (Fsp3) is 0.533. The topological polar surface area (TPSA) is 45.6 Å². The number of nitrogens with one attached hydrogen (secondary N) is 2. The van der Waals surface area contributed by atoms with E-state index >= 15 is 0 Å². The molecule has 0 aliphatic rings. The molecule has 0 saturated carbocycles. The first kappa shape index (κ1) is 21.0. The summed E-state index contributed by atoms with van der Waals surface area (Å²) >= 11 is 0. The highest BCUT2D eigenvalue weighted by Gasteiger charge is 2.04. The van der Waals surface area contributed by atoms with Crippen molar-refractivity contribution < 1.29 is 13.5 Å². The van der Waals surface area contributed by atoms with Gasteiger partial charge in [0, 0.05) is 33.4 Å². The first-order valence-electron chi connectivity index (χ1n) is 7.13. The van der Waals surface area contributed by atoms with Gasteiger partial charge in [0.15, 0.2) is 5.96 Å². The Morgan fingerprint density at radius 1 is 1.23 bits per heavy atom. The van der Waals surface area contributed by atoms with Gasteiger partial charge in [-0.1, -0.05) is 0 Å². The Kier molecular flexibility index (Phi) is 12.0. The molecule has 0 saturated heterocycles. The van der Waals surface area contributed by atoms with Gasteiger partial charge in [0.05, 0.1) is 0 Å². The number of halogens is 3. The number of hydrogen-bond donors (Lipinski definition) is 2. The number of aliphatic imine (C=N–C) groups is 1. The summed E-state index contributed by atoms with van der Waals surface area (Å²) in [6, 6.07) is 3.48. The van der Waals surface area contributed by atoms with Crippen LogP contribution in [-0.4, -0.2) is 39.3 Å². The van der Waals surface area contributed by atoms with E-state index in [0.717, 1.165) is 25.1 Å². The van der Waals surface area contributed by atoms with E-state index in [4.69, 9.17) is 4.74 Å². The number of guanidine groups is 1. The molecule has 0 spiro atoms. The molecule has 0 amide bonds. The van der Waals surface area contributed by atoms with Crippen LogP contribution in [0.15, 0.2) is 23.2 Å². The van der Waals surface area contributed by atoms with E-state index < -0.39 is 11.6 Å². The molecular weight excluding hydrogens is 403 g/mol. The van der Waals surface area contributed by atoms with Crippen molar-refractivity contribution >= 4 is 29.9 Å². The average molecular weight is 427 g/mol. The Morgan fingerprint density at radius 2 is 1.95 bits per heavy atom. The van der Waals surface area contributed by atoms with Gasteiger partial charge < -0.3 is 15.4 Å². The second-order valence-electron chi connectivity index (χ2n) is 4.46. The van der Waals surface area contributed by atoms with Crippen molar-refractivity contribution in [3.63, 3.8) is 0 Å². The first-order valence-corrected chi connectivity index (χ1v) is 7.13. The number of ether oxygens (including phenoxy) is 1. The smallest absolute Gasteiger partial charge is 0.190 e. The summed E-state index contributed by atoms with van der Waals surface area (Å²) in [7, 11) is 1.67. The summed E-state index contributed by atoms with van der Waals surface area (Å²) in [6.45, 7) is 4.60. The average Bonchev–Trinajstić information content (AvgIpc) is 2.48. The van der Waals surface area contributed by atoms with Crippen LogP contribution in [0, 0.1) is 11.6 Å². The molecule has 0 atom stereocenters. The minimum Gasteiger partial charge on any atom is -0.382 e. The predicted octanol–water partition coefficient (Wildman–Crippen LogP) is 2.72. The van der Waals surface area contributed by atoms with Crippen molar-refractivity contribution in [3.05, 3.63) is 35.4 Å². The van der Waals surface area contributed by atoms with E-state index in [9.17, 15) is 8.78 Å². The molecule has 0 radical (unpaired) electrons. The molecule has 22 heavy (non-hydrogen) atoms. The Bertz CT molecular complexity index is 458. The maximum Gasteiger partial charge on any atom is 0.190 e. The highest BCUT2D eigenvalue weighted by atomic mass is 127. The van der Waals surface area contributed by atoms with Gasteiger partial charge in [-0.2, -0.15) is 0 Å². The highest BCUT2D eigenvalue weighted by molar-refractivity contribution is 14.0. The maximum atomic E-state index is 13.4. The molecule has 0 fully saturated rings. The summed E-state index contributed by atoms with van der Waals surface area (Å²) in [5.41, 5.74) is 0.356. The van der Waals surface area contributed by atoms with E-state index in [1.54, 1.807) is 7.05 Å². The van der Waals surface area contributed by atoms with Crippen molar-refractivity contribution in [3.8, 4) is 0 Å². The lowest BCUT2D eigenvalue weighted by Gasteiger charge is -2.12. The SMILES string of the molecule is CCOCCCNC(=NC)NCCc1cc(F)ccc1F.I. The molecule has 0 aromatic heterocycles. The second kappa shape index (κ2) is 12.6. The lowest BCUT2D eigenvalue weighted by atomic mass is 10.1. The van der Waals surface area contributed by atoms with Crippen LogP contribution in [0.3, 0.4) is 0 Å². The Morgan fingerprint density at radius 3 is 2.64 bits per heavy atom. The van der Waals surface area contributed by atoms with E-state index in [-0.39, 0.29) is 24.0 Å². The van der Waals surface area contributed by atoms with Gasteiger partial charge in [-0.05, 0) is 43.5 Å². The largest absolute Gasteiger partial charge is 0.382 e. The van der Waals surface area contributed by atoms with Crippen LogP contribution in [0.5, 0.6) is 0 Å². The van der Waals surface area contributed by atoms with E-state index in [1.807, 2.05) is 6.92 Å². The van der Waals surface area contributed by atoms with Crippen molar-refractivity contribution in [2.75, 3.05) is 33.4 Å². The first-order chi connectivity index (χ1) is 10.2. The third-order valence-corrected chi connectivity index (χ3v) is 2.88. The minimum absolute atomic E-state index is 0. The van der Waals surface area contributed by atoms with Crippen molar-refractivity contribution in [1.82, 2.24) is 10.6 Å². The molecule has 0 bridgehead atoms.